The third kappa shape index (κ3) is 4.71. The molecule has 1 amide bonds. The van der Waals surface area contributed by atoms with E-state index in [2.05, 4.69) is 20.5 Å². The number of aromatic nitrogens is 1. The summed E-state index contributed by atoms with van der Waals surface area (Å²) in [6.45, 7) is 4.23. The first-order valence-corrected chi connectivity index (χ1v) is 8.70. The number of ether oxygens (including phenoxy) is 2. The fourth-order valence-corrected chi connectivity index (χ4v) is 2.80. The highest BCUT2D eigenvalue weighted by Crippen LogP contribution is 2.27. The quantitative estimate of drug-likeness (QED) is 0.741. The van der Waals surface area contributed by atoms with Crippen LogP contribution in [0, 0.1) is 0 Å². The van der Waals surface area contributed by atoms with E-state index in [1.54, 1.807) is 25.4 Å². The highest BCUT2D eigenvalue weighted by atomic mass is 16.5. The van der Waals surface area contributed by atoms with Gasteiger partial charge >= 0.3 is 0 Å². The zero-order chi connectivity index (χ0) is 18.2. The molecule has 1 aromatic heterocycles. The normalized spacial score (nSPS) is 14.1. The first-order chi connectivity index (χ1) is 12.8. The second-order valence-electron chi connectivity index (χ2n) is 5.92. The number of anilines is 3. The summed E-state index contributed by atoms with van der Waals surface area (Å²) in [5.41, 5.74) is 2.36. The Hall–Kier alpha value is -2.64. The Morgan fingerprint density at radius 3 is 2.88 bits per heavy atom. The number of amides is 1. The third-order valence-corrected chi connectivity index (χ3v) is 4.14. The molecule has 1 saturated heterocycles. The summed E-state index contributed by atoms with van der Waals surface area (Å²) < 4.78 is 10.4. The van der Waals surface area contributed by atoms with Gasteiger partial charge in [0.05, 0.1) is 31.2 Å². The van der Waals surface area contributed by atoms with Gasteiger partial charge in [-0.05, 0) is 24.3 Å². The molecule has 1 aliphatic rings. The van der Waals surface area contributed by atoms with E-state index in [1.165, 1.54) is 0 Å². The van der Waals surface area contributed by atoms with E-state index in [1.807, 2.05) is 24.3 Å². The standard InChI is InChI=1S/C19H24N4O3/c1-25-11-8-21-18-14-15(6-7-20-18)19(24)22-16-4-2-3-5-17(16)23-9-12-26-13-10-23/h2-7,14H,8-13H2,1H3,(H,20,21)(H,22,24). The lowest BCUT2D eigenvalue weighted by atomic mass is 10.2. The molecule has 2 heterocycles. The minimum atomic E-state index is -0.164. The van der Waals surface area contributed by atoms with Crippen LogP contribution < -0.4 is 15.5 Å². The van der Waals surface area contributed by atoms with Crippen molar-refractivity contribution < 1.29 is 14.3 Å². The Morgan fingerprint density at radius 1 is 1.27 bits per heavy atom. The number of carbonyl (C=O) groups is 1. The minimum Gasteiger partial charge on any atom is -0.383 e. The van der Waals surface area contributed by atoms with E-state index in [4.69, 9.17) is 9.47 Å². The van der Waals surface area contributed by atoms with Gasteiger partial charge in [0.2, 0.25) is 0 Å². The van der Waals surface area contributed by atoms with Crippen molar-refractivity contribution in [2.75, 3.05) is 62.1 Å². The van der Waals surface area contributed by atoms with Crippen molar-refractivity contribution in [3.8, 4) is 0 Å². The number of rotatable bonds is 7. The van der Waals surface area contributed by atoms with E-state index in [-0.39, 0.29) is 5.91 Å². The van der Waals surface area contributed by atoms with Crippen molar-refractivity contribution in [1.29, 1.82) is 0 Å². The average Bonchev–Trinajstić information content (AvgIpc) is 2.69. The molecular formula is C19H24N4O3. The monoisotopic (exact) mass is 356 g/mol. The third-order valence-electron chi connectivity index (χ3n) is 4.14. The average molecular weight is 356 g/mol. The first-order valence-electron chi connectivity index (χ1n) is 8.70. The maximum atomic E-state index is 12.7. The molecule has 3 rings (SSSR count). The zero-order valence-corrected chi connectivity index (χ0v) is 14.9. The molecule has 0 spiro atoms. The van der Waals surface area contributed by atoms with Crippen LogP contribution in [0.5, 0.6) is 0 Å². The Kier molecular flexibility index (Phi) is 6.40. The molecule has 0 aliphatic carbocycles. The van der Waals surface area contributed by atoms with Crippen LogP contribution in [0.2, 0.25) is 0 Å². The molecule has 0 saturated carbocycles. The fourth-order valence-electron chi connectivity index (χ4n) is 2.80. The number of carbonyl (C=O) groups excluding carboxylic acids is 1. The summed E-state index contributed by atoms with van der Waals surface area (Å²) in [5.74, 6) is 0.485. The second kappa shape index (κ2) is 9.17. The summed E-state index contributed by atoms with van der Waals surface area (Å²) in [6.07, 6.45) is 1.62. The van der Waals surface area contributed by atoms with Crippen molar-refractivity contribution in [1.82, 2.24) is 4.98 Å². The van der Waals surface area contributed by atoms with Gasteiger partial charge in [0.1, 0.15) is 5.82 Å². The summed E-state index contributed by atoms with van der Waals surface area (Å²) in [7, 11) is 1.64. The van der Waals surface area contributed by atoms with Crippen LogP contribution in [-0.2, 0) is 9.47 Å². The van der Waals surface area contributed by atoms with E-state index in [9.17, 15) is 4.79 Å². The molecule has 2 aromatic rings. The first kappa shape index (κ1) is 18.2. The lowest BCUT2D eigenvalue weighted by Gasteiger charge is -2.30. The molecular weight excluding hydrogens is 332 g/mol. The maximum Gasteiger partial charge on any atom is 0.255 e. The molecule has 1 aromatic carbocycles. The predicted octanol–water partition coefficient (Wildman–Crippen LogP) is 2.23. The van der Waals surface area contributed by atoms with Gasteiger partial charge in [-0.15, -0.1) is 0 Å². The number of para-hydroxylation sites is 2. The van der Waals surface area contributed by atoms with Crippen LogP contribution in [0.15, 0.2) is 42.6 Å². The van der Waals surface area contributed by atoms with Crippen molar-refractivity contribution in [3.05, 3.63) is 48.2 Å². The van der Waals surface area contributed by atoms with Crippen LogP contribution >= 0.6 is 0 Å². The van der Waals surface area contributed by atoms with E-state index < -0.39 is 0 Å². The predicted molar refractivity (Wildman–Crippen MR) is 102 cm³/mol. The minimum absolute atomic E-state index is 0.164. The summed E-state index contributed by atoms with van der Waals surface area (Å²) >= 11 is 0. The van der Waals surface area contributed by atoms with Crippen molar-refractivity contribution in [2.45, 2.75) is 0 Å². The molecule has 138 valence electrons. The van der Waals surface area contributed by atoms with Crippen LogP contribution in [0.25, 0.3) is 0 Å². The molecule has 0 atom stereocenters. The van der Waals surface area contributed by atoms with Gasteiger partial charge in [-0.2, -0.15) is 0 Å². The molecule has 1 aliphatic heterocycles. The fraction of sp³-hybridized carbons (Fsp3) is 0.368. The van der Waals surface area contributed by atoms with Crippen LogP contribution in [-0.4, -0.2) is 57.5 Å². The van der Waals surface area contributed by atoms with E-state index in [0.717, 1.165) is 24.5 Å². The van der Waals surface area contributed by atoms with Gasteiger partial charge in [-0.25, -0.2) is 4.98 Å². The molecule has 2 N–H and O–H groups in total. The van der Waals surface area contributed by atoms with Crippen LogP contribution in [0.3, 0.4) is 0 Å². The van der Waals surface area contributed by atoms with Crippen molar-refractivity contribution in [3.63, 3.8) is 0 Å². The number of hydrogen-bond donors (Lipinski definition) is 2. The number of pyridine rings is 1. The summed E-state index contributed by atoms with van der Waals surface area (Å²) in [4.78, 5) is 19.1. The van der Waals surface area contributed by atoms with E-state index in [0.29, 0.717) is 37.7 Å². The number of nitrogens with one attached hydrogen (secondary N) is 2. The van der Waals surface area contributed by atoms with Gasteiger partial charge in [-0.1, -0.05) is 12.1 Å². The van der Waals surface area contributed by atoms with E-state index >= 15 is 0 Å². The number of nitrogens with zero attached hydrogens (tertiary/aromatic N) is 2. The highest BCUT2D eigenvalue weighted by Gasteiger charge is 2.16. The van der Waals surface area contributed by atoms with Crippen molar-refractivity contribution >= 4 is 23.1 Å². The SMILES string of the molecule is COCCNc1cc(C(=O)Nc2ccccc2N2CCOCC2)ccn1. The molecule has 1 fully saturated rings. The zero-order valence-electron chi connectivity index (χ0n) is 14.9. The largest absolute Gasteiger partial charge is 0.383 e. The Morgan fingerprint density at radius 2 is 2.08 bits per heavy atom. The number of methoxy groups -OCH3 is 1. The Bertz CT molecular complexity index is 732. The van der Waals surface area contributed by atoms with Gasteiger partial charge in [-0.3, -0.25) is 4.79 Å². The highest BCUT2D eigenvalue weighted by molar-refractivity contribution is 6.06. The molecule has 26 heavy (non-hydrogen) atoms. The smallest absolute Gasteiger partial charge is 0.255 e. The lowest BCUT2D eigenvalue weighted by molar-refractivity contribution is 0.102. The van der Waals surface area contributed by atoms with Crippen molar-refractivity contribution in [2.24, 2.45) is 0 Å². The molecule has 0 radical (unpaired) electrons. The van der Waals surface area contributed by atoms with Gasteiger partial charge in [0, 0.05) is 38.5 Å². The van der Waals surface area contributed by atoms with Gasteiger partial charge < -0.3 is 25.0 Å². The molecule has 7 heteroatoms. The second-order valence-corrected chi connectivity index (χ2v) is 5.92. The number of benzene rings is 1. The summed E-state index contributed by atoms with van der Waals surface area (Å²) in [5, 5.41) is 6.15. The van der Waals surface area contributed by atoms with Gasteiger partial charge in [0.25, 0.3) is 5.91 Å². The maximum absolute atomic E-state index is 12.7. The molecule has 7 nitrogen and oxygen atoms in total. The lowest BCUT2D eigenvalue weighted by Crippen LogP contribution is -2.36. The Balaban J connectivity index is 1.71. The topological polar surface area (TPSA) is 75.7 Å². The number of morpholine rings is 1. The Labute approximate surface area is 153 Å². The van der Waals surface area contributed by atoms with Crippen LogP contribution in [0.4, 0.5) is 17.2 Å². The van der Waals surface area contributed by atoms with Gasteiger partial charge in [0.15, 0.2) is 0 Å². The summed E-state index contributed by atoms with van der Waals surface area (Å²) in [6, 6.07) is 11.3. The van der Waals surface area contributed by atoms with Crippen LogP contribution in [0.1, 0.15) is 10.4 Å². The molecule has 0 bridgehead atoms. The molecule has 0 unspecified atom stereocenters. The number of hydrogen-bond acceptors (Lipinski definition) is 6.